The first-order valence-electron chi connectivity index (χ1n) is 9.87. The summed E-state index contributed by atoms with van der Waals surface area (Å²) in [5, 5.41) is 10.9. The van der Waals surface area contributed by atoms with Crippen molar-refractivity contribution in [3.05, 3.63) is 51.6 Å². The molecule has 1 saturated carbocycles. The van der Waals surface area contributed by atoms with Crippen LogP contribution < -0.4 is 0 Å². The summed E-state index contributed by atoms with van der Waals surface area (Å²) < 4.78 is 15.2. The van der Waals surface area contributed by atoms with E-state index < -0.39 is 5.82 Å². The Morgan fingerprint density at radius 2 is 2.00 bits per heavy atom. The van der Waals surface area contributed by atoms with E-state index in [1.54, 1.807) is 11.0 Å². The molecule has 0 bridgehead atoms. The average Bonchev–Trinajstić information content (AvgIpc) is 3.45. The van der Waals surface area contributed by atoms with Gasteiger partial charge in [-0.3, -0.25) is 9.59 Å². The Kier molecular flexibility index (Phi) is 4.13. The second-order valence-corrected chi connectivity index (χ2v) is 8.55. The second-order valence-electron chi connectivity index (χ2n) is 8.15. The number of hydrogen-bond donors (Lipinski definition) is 1. The van der Waals surface area contributed by atoms with E-state index in [9.17, 15) is 19.1 Å². The highest BCUT2D eigenvalue weighted by Gasteiger charge is 2.45. The molecule has 0 spiro atoms. The van der Waals surface area contributed by atoms with E-state index in [4.69, 9.17) is 11.6 Å². The summed E-state index contributed by atoms with van der Waals surface area (Å²) in [5.74, 6) is -1.23. The van der Waals surface area contributed by atoms with Crippen LogP contribution in [0.5, 0.6) is 5.75 Å². The molecule has 29 heavy (non-hydrogen) atoms. The Morgan fingerprint density at radius 3 is 2.69 bits per heavy atom. The quantitative estimate of drug-likeness (QED) is 0.834. The van der Waals surface area contributed by atoms with Gasteiger partial charge in [0.2, 0.25) is 0 Å². The van der Waals surface area contributed by atoms with Crippen LogP contribution in [0, 0.1) is 5.82 Å². The maximum Gasteiger partial charge on any atom is 0.274 e. The SMILES string of the molecule is CC1Cn2c3c(c(O)c2C(=O)N1C1CC1)C(=O)N(Cc1ccc(F)c(Cl)c1)CC3. The van der Waals surface area contributed by atoms with E-state index in [-0.39, 0.29) is 52.5 Å². The van der Waals surface area contributed by atoms with E-state index in [1.807, 2.05) is 16.4 Å². The molecule has 1 unspecified atom stereocenters. The van der Waals surface area contributed by atoms with Gasteiger partial charge in [-0.2, -0.15) is 0 Å². The molecule has 1 fully saturated rings. The van der Waals surface area contributed by atoms with E-state index in [2.05, 4.69) is 0 Å². The summed E-state index contributed by atoms with van der Waals surface area (Å²) in [6.45, 7) is 3.31. The van der Waals surface area contributed by atoms with Gasteiger partial charge in [0.25, 0.3) is 11.8 Å². The third kappa shape index (κ3) is 2.82. The largest absolute Gasteiger partial charge is 0.505 e. The van der Waals surface area contributed by atoms with Gasteiger partial charge in [-0.1, -0.05) is 17.7 Å². The van der Waals surface area contributed by atoms with Crippen molar-refractivity contribution in [2.45, 2.75) is 51.4 Å². The van der Waals surface area contributed by atoms with Crippen LogP contribution in [0.15, 0.2) is 18.2 Å². The normalized spacial score (nSPS) is 21.4. The van der Waals surface area contributed by atoms with Gasteiger partial charge in [-0.15, -0.1) is 0 Å². The first-order chi connectivity index (χ1) is 13.9. The number of aromatic nitrogens is 1. The predicted octanol–water partition coefficient (Wildman–Crippen LogP) is 3.19. The molecule has 2 amide bonds. The molecule has 1 atom stereocenters. The highest BCUT2D eigenvalue weighted by atomic mass is 35.5. The predicted molar refractivity (Wildman–Crippen MR) is 105 cm³/mol. The summed E-state index contributed by atoms with van der Waals surface area (Å²) >= 11 is 5.85. The standard InChI is InChI=1S/C21H21ClFN3O3/c1-11-9-25-16-6-7-24(10-12-2-5-15(23)14(22)8-12)20(28)17(16)19(27)18(25)21(29)26(11)13-3-4-13/h2,5,8,11,13,27H,3-4,6-7,9-10H2,1H3. The summed E-state index contributed by atoms with van der Waals surface area (Å²) in [6.07, 6.45) is 2.53. The Labute approximate surface area is 172 Å². The van der Waals surface area contributed by atoms with Gasteiger partial charge >= 0.3 is 0 Å². The molecule has 5 rings (SSSR count). The van der Waals surface area contributed by atoms with Crippen LogP contribution in [-0.4, -0.2) is 49.9 Å². The minimum atomic E-state index is -0.506. The van der Waals surface area contributed by atoms with Crippen molar-refractivity contribution in [1.82, 2.24) is 14.4 Å². The zero-order valence-corrected chi connectivity index (χ0v) is 16.7. The molecule has 152 valence electrons. The lowest BCUT2D eigenvalue weighted by Gasteiger charge is -2.35. The van der Waals surface area contributed by atoms with E-state index in [1.165, 1.54) is 12.1 Å². The Bertz CT molecular complexity index is 1050. The topological polar surface area (TPSA) is 65.8 Å². The fraction of sp³-hybridized carbons (Fsp3) is 0.429. The summed E-state index contributed by atoms with van der Waals surface area (Å²) in [5.41, 5.74) is 1.89. The summed E-state index contributed by atoms with van der Waals surface area (Å²) in [7, 11) is 0. The summed E-state index contributed by atoms with van der Waals surface area (Å²) in [6, 6.07) is 4.65. The van der Waals surface area contributed by atoms with Crippen LogP contribution in [0.25, 0.3) is 0 Å². The van der Waals surface area contributed by atoms with Crippen molar-refractivity contribution in [3.63, 3.8) is 0 Å². The van der Waals surface area contributed by atoms with Gasteiger partial charge in [0.15, 0.2) is 11.4 Å². The van der Waals surface area contributed by atoms with Crippen molar-refractivity contribution in [2.75, 3.05) is 6.54 Å². The first-order valence-corrected chi connectivity index (χ1v) is 10.2. The number of nitrogens with zero attached hydrogens (tertiary/aromatic N) is 3. The van der Waals surface area contributed by atoms with Gasteiger partial charge in [0, 0.05) is 43.8 Å². The molecule has 3 aliphatic rings. The fourth-order valence-corrected chi connectivity index (χ4v) is 4.82. The number of halogens is 2. The number of aromatic hydroxyl groups is 1. The summed E-state index contributed by atoms with van der Waals surface area (Å²) in [4.78, 5) is 29.7. The van der Waals surface area contributed by atoms with Crippen molar-refractivity contribution < 1.29 is 19.1 Å². The van der Waals surface area contributed by atoms with Gasteiger partial charge in [0.1, 0.15) is 11.4 Å². The molecular formula is C21H21ClFN3O3. The maximum absolute atomic E-state index is 13.4. The number of fused-ring (bicyclic) bond motifs is 3. The Balaban J connectivity index is 1.48. The van der Waals surface area contributed by atoms with Gasteiger partial charge < -0.3 is 19.5 Å². The second kappa shape index (κ2) is 6.49. The van der Waals surface area contributed by atoms with Crippen molar-refractivity contribution in [3.8, 4) is 5.75 Å². The molecule has 2 aromatic rings. The molecule has 1 N–H and O–H groups in total. The molecular weight excluding hydrogens is 397 g/mol. The highest BCUT2D eigenvalue weighted by molar-refractivity contribution is 6.30. The molecule has 8 heteroatoms. The zero-order valence-electron chi connectivity index (χ0n) is 16.0. The third-order valence-electron chi connectivity index (χ3n) is 6.12. The van der Waals surface area contributed by atoms with Crippen LogP contribution >= 0.6 is 11.6 Å². The van der Waals surface area contributed by atoms with Crippen molar-refractivity contribution in [2.24, 2.45) is 0 Å². The number of hydrogen-bond acceptors (Lipinski definition) is 3. The Morgan fingerprint density at radius 1 is 1.24 bits per heavy atom. The van der Waals surface area contributed by atoms with Crippen LogP contribution in [-0.2, 0) is 19.5 Å². The van der Waals surface area contributed by atoms with Crippen molar-refractivity contribution in [1.29, 1.82) is 0 Å². The maximum atomic E-state index is 13.4. The van der Waals surface area contributed by atoms with Crippen molar-refractivity contribution >= 4 is 23.4 Å². The highest BCUT2D eigenvalue weighted by Crippen LogP contribution is 2.41. The Hall–Kier alpha value is -2.54. The van der Waals surface area contributed by atoms with E-state index in [0.29, 0.717) is 25.1 Å². The van der Waals surface area contributed by atoms with Gasteiger partial charge in [-0.05, 0) is 37.5 Å². The number of amides is 2. The van der Waals surface area contributed by atoms with Crippen LogP contribution in [0.1, 0.15) is 51.9 Å². The molecule has 3 heterocycles. The number of carbonyl (C=O) groups is 2. The molecule has 1 aromatic heterocycles. The van der Waals surface area contributed by atoms with Crippen LogP contribution in [0.2, 0.25) is 5.02 Å². The number of benzene rings is 1. The molecule has 6 nitrogen and oxygen atoms in total. The molecule has 1 aliphatic carbocycles. The lowest BCUT2D eigenvalue weighted by molar-refractivity contribution is 0.0586. The van der Waals surface area contributed by atoms with Crippen LogP contribution in [0.3, 0.4) is 0 Å². The smallest absolute Gasteiger partial charge is 0.274 e. The van der Waals surface area contributed by atoms with E-state index >= 15 is 0 Å². The minimum absolute atomic E-state index is 0.00887. The minimum Gasteiger partial charge on any atom is -0.505 e. The zero-order chi connectivity index (χ0) is 20.4. The monoisotopic (exact) mass is 417 g/mol. The average molecular weight is 418 g/mol. The third-order valence-corrected chi connectivity index (χ3v) is 6.41. The first kappa shape index (κ1) is 18.5. The number of carbonyl (C=O) groups excluding carboxylic acids is 2. The van der Waals surface area contributed by atoms with E-state index in [0.717, 1.165) is 18.5 Å². The fourth-order valence-electron chi connectivity index (χ4n) is 4.62. The molecule has 0 radical (unpaired) electrons. The lowest BCUT2D eigenvalue weighted by atomic mass is 10.0. The number of rotatable bonds is 3. The lowest BCUT2D eigenvalue weighted by Crippen LogP contribution is -2.48. The molecule has 0 saturated heterocycles. The van der Waals surface area contributed by atoms with Crippen LogP contribution in [0.4, 0.5) is 4.39 Å². The van der Waals surface area contributed by atoms with Gasteiger partial charge in [-0.25, -0.2) is 4.39 Å². The van der Waals surface area contributed by atoms with Gasteiger partial charge in [0.05, 0.1) is 5.02 Å². The molecule has 2 aliphatic heterocycles. The molecule has 1 aromatic carbocycles.